The van der Waals surface area contributed by atoms with E-state index in [4.69, 9.17) is 0 Å². The van der Waals surface area contributed by atoms with Crippen molar-refractivity contribution >= 4 is 22.8 Å². The van der Waals surface area contributed by atoms with Crippen molar-refractivity contribution in [3.8, 4) is 6.07 Å². The van der Waals surface area contributed by atoms with E-state index in [1.54, 1.807) is 16.7 Å². The smallest absolute Gasteiger partial charge is 0.327 e. The first-order valence-electron chi connectivity index (χ1n) is 8.49. The third-order valence-electron chi connectivity index (χ3n) is 4.75. The molecule has 0 aromatic carbocycles. The van der Waals surface area contributed by atoms with Gasteiger partial charge in [0.25, 0.3) is 5.56 Å². The number of imidazole rings is 1. The summed E-state index contributed by atoms with van der Waals surface area (Å²) in [4.78, 5) is 38.2. The van der Waals surface area contributed by atoms with Crippen molar-refractivity contribution < 1.29 is 0 Å². The molecule has 9 heteroatoms. The monoisotopic (exact) mass is 351 g/mol. The first-order valence-corrected chi connectivity index (χ1v) is 8.49. The Hall–Kier alpha value is -3.41. The van der Waals surface area contributed by atoms with Gasteiger partial charge in [-0.3, -0.25) is 9.36 Å². The summed E-state index contributed by atoms with van der Waals surface area (Å²) in [6.07, 6.45) is 6.53. The molecule has 26 heavy (non-hydrogen) atoms. The summed E-state index contributed by atoms with van der Waals surface area (Å²) in [6.45, 7) is 0. The van der Waals surface area contributed by atoms with Crippen molar-refractivity contribution in [2.45, 2.75) is 31.7 Å². The number of aromatic amines is 2. The maximum Gasteiger partial charge on any atom is 0.328 e. The minimum atomic E-state index is -0.295. The molecule has 0 amide bonds. The molecule has 3 aromatic rings. The SMILES string of the molecule is N#C[C@H]1CCCCC1n1c(=O)[nH]c2cnc(Nc3ccc[nH]c3=O)nc21. The van der Waals surface area contributed by atoms with Crippen molar-refractivity contribution in [2.24, 2.45) is 5.92 Å². The maximum absolute atomic E-state index is 12.5. The van der Waals surface area contributed by atoms with E-state index in [2.05, 4.69) is 31.3 Å². The van der Waals surface area contributed by atoms with Gasteiger partial charge < -0.3 is 15.3 Å². The second-order valence-electron chi connectivity index (χ2n) is 6.36. The highest BCUT2D eigenvalue weighted by Gasteiger charge is 2.29. The lowest BCUT2D eigenvalue weighted by molar-refractivity contribution is 0.289. The van der Waals surface area contributed by atoms with E-state index in [0.29, 0.717) is 16.9 Å². The molecule has 3 heterocycles. The van der Waals surface area contributed by atoms with Crippen LogP contribution in [-0.4, -0.2) is 24.5 Å². The first-order chi connectivity index (χ1) is 12.7. The molecule has 0 saturated heterocycles. The number of H-pyrrole nitrogens is 2. The summed E-state index contributed by atoms with van der Waals surface area (Å²) in [5.74, 6) is -0.00457. The van der Waals surface area contributed by atoms with E-state index in [1.807, 2.05) is 0 Å². The van der Waals surface area contributed by atoms with Gasteiger partial charge in [0.1, 0.15) is 11.2 Å². The predicted octanol–water partition coefficient (Wildman–Crippen LogP) is 1.81. The molecule has 132 valence electrons. The molecule has 1 fully saturated rings. The molecule has 1 aliphatic rings. The lowest BCUT2D eigenvalue weighted by Gasteiger charge is -2.27. The molecule has 9 nitrogen and oxygen atoms in total. The second kappa shape index (κ2) is 6.48. The van der Waals surface area contributed by atoms with E-state index in [1.165, 1.54) is 12.4 Å². The van der Waals surface area contributed by atoms with Crippen molar-refractivity contribution in [3.63, 3.8) is 0 Å². The van der Waals surface area contributed by atoms with Crippen molar-refractivity contribution in [1.82, 2.24) is 24.5 Å². The Balaban J connectivity index is 1.78. The number of hydrogen-bond donors (Lipinski definition) is 3. The van der Waals surface area contributed by atoms with E-state index in [9.17, 15) is 14.9 Å². The Labute approximate surface area is 147 Å². The number of anilines is 2. The molecule has 1 saturated carbocycles. The van der Waals surface area contributed by atoms with Crippen LogP contribution in [0.15, 0.2) is 34.1 Å². The summed E-state index contributed by atoms with van der Waals surface area (Å²) in [6, 6.07) is 5.41. The van der Waals surface area contributed by atoms with Crippen LogP contribution in [0.1, 0.15) is 31.7 Å². The average molecular weight is 351 g/mol. The maximum atomic E-state index is 12.5. The van der Waals surface area contributed by atoms with Gasteiger partial charge >= 0.3 is 5.69 Å². The first kappa shape index (κ1) is 16.1. The van der Waals surface area contributed by atoms with Gasteiger partial charge in [-0.1, -0.05) is 12.8 Å². The molecule has 1 unspecified atom stereocenters. The summed E-state index contributed by atoms with van der Waals surface area (Å²) < 4.78 is 1.56. The van der Waals surface area contributed by atoms with E-state index in [0.717, 1.165) is 25.7 Å². The number of fused-ring (bicyclic) bond motifs is 1. The molecule has 0 radical (unpaired) electrons. The van der Waals surface area contributed by atoms with E-state index >= 15 is 0 Å². The zero-order valence-corrected chi connectivity index (χ0v) is 13.9. The standard InChI is InChI=1S/C17H17N7O2/c18-8-10-4-1-2-6-13(10)24-14-12(22-17(24)26)9-20-16(23-14)21-11-5-3-7-19-15(11)25/h3,5,7,9-10,13H,1-2,4,6H2,(H,19,25)(H,22,26)(H,20,21,23)/t10-,13?/m1/s1. The number of hydrogen-bond acceptors (Lipinski definition) is 6. The highest BCUT2D eigenvalue weighted by Crippen LogP contribution is 2.34. The van der Waals surface area contributed by atoms with Crippen LogP contribution in [0.4, 0.5) is 11.6 Å². The minimum absolute atomic E-state index is 0.210. The van der Waals surface area contributed by atoms with Gasteiger partial charge in [-0.2, -0.15) is 10.2 Å². The normalized spacial score (nSPS) is 20.0. The van der Waals surface area contributed by atoms with Crippen LogP contribution in [0.2, 0.25) is 0 Å². The van der Waals surface area contributed by atoms with Gasteiger partial charge in [-0.15, -0.1) is 0 Å². The third-order valence-corrected chi connectivity index (χ3v) is 4.75. The van der Waals surface area contributed by atoms with Gasteiger partial charge in [-0.25, -0.2) is 9.78 Å². The topological polar surface area (TPSA) is 132 Å². The zero-order valence-electron chi connectivity index (χ0n) is 13.9. The van der Waals surface area contributed by atoms with Crippen LogP contribution < -0.4 is 16.6 Å². The quantitative estimate of drug-likeness (QED) is 0.659. The molecule has 3 N–H and O–H groups in total. The Bertz CT molecular complexity index is 1100. The van der Waals surface area contributed by atoms with Crippen LogP contribution in [0.5, 0.6) is 0 Å². The van der Waals surface area contributed by atoms with Crippen LogP contribution in [0, 0.1) is 17.2 Å². The second-order valence-corrected chi connectivity index (χ2v) is 6.36. The van der Waals surface area contributed by atoms with Crippen LogP contribution >= 0.6 is 0 Å². The summed E-state index contributed by atoms with van der Waals surface area (Å²) in [5, 5.41) is 12.3. The highest BCUT2D eigenvalue weighted by atomic mass is 16.1. The van der Waals surface area contributed by atoms with Crippen molar-refractivity contribution in [2.75, 3.05) is 5.32 Å². The molecule has 0 spiro atoms. The third kappa shape index (κ3) is 2.75. The molecule has 0 aliphatic heterocycles. The van der Waals surface area contributed by atoms with Crippen LogP contribution in [0.3, 0.4) is 0 Å². The van der Waals surface area contributed by atoms with Gasteiger partial charge in [0.05, 0.1) is 24.2 Å². The Kier molecular flexibility index (Phi) is 4.01. The Morgan fingerprint density at radius 3 is 2.96 bits per heavy atom. The van der Waals surface area contributed by atoms with E-state index < -0.39 is 0 Å². The molecule has 3 aromatic heterocycles. The zero-order chi connectivity index (χ0) is 18.1. The largest absolute Gasteiger partial charge is 0.328 e. The summed E-state index contributed by atoms with van der Waals surface area (Å²) >= 11 is 0. The number of nitriles is 1. The molecule has 2 atom stereocenters. The van der Waals surface area contributed by atoms with Gasteiger partial charge in [0.15, 0.2) is 5.65 Å². The fraction of sp³-hybridized carbons (Fsp3) is 0.353. The Morgan fingerprint density at radius 2 is 2.15 bits per heavy atom. The van der Waals surface area contributed by atoms with Crippen molar-refractivity contribution in [1.29, 1.82) is 5.26 Å². The lowest BCUT2D eigenvalue weighted by atomic mass is 9.85. The number of aromatic nitrogens is 5. The van der Waals surface area contributed by atoms with E-state index in [-0.39, 0.29) is 29.2 Å². The predicted molar refractivity (Wildman–Crippen MR) is 95.1 cm³/mol. The minimum Gasteiger partial charge on any atom is -0.327 e. The average Bonchev–Trinajstić information content (AvgIpc) is 2.98. The molecular formula is C17H17N7O2. The lowest BCUT2D eigenvalue weighted by Crippen LogP contribution is -2.29. The Morgan fingerprint density at radius 1 is 1.31 bits per heavy atom. The molecule has 1 aliphatic carbocycles. The van der Waals surface area contributed by atoms with Crippen molar-refractivity contribution in [3.05, 3.63) is 45.4 Å². The van der Waals surface area contributed by atoms with Crippen LogP contribution in [0.25, 0.3) is 11.2 Å². The number of nitrogens with one attached hydrogen (secondary N) is 3. The summed E-state index contributed by atoms with van der Waals surface area (Å²) in [5.41, 5.74) is 0.663. The fourth-order valence-corrected chi connectivity index (χ4v) is 3.50. The highest BCUT2D eigenvalue weighted by molar-refractivity contribution is 5.72. The number of rotatable bonds is 3. The molecular weight excluding hydrogens is 334 g/mol. The van der Waals surface area contributed by atoms with Gasteiger partial charge in [0, 0.05) is 6.20 Å². The van der Waals surface area contributed by atoms with Gasteiger partial charge in [0.2, 0.25) is 5.95 Å². The van der Waals surface area contributed by atoms with Crippen LogP contribution in [-0.2, 0) is 0 Å². The molecule has 4 rings (SSSR count). The van der Waals surface area contributed by atoms with Gasteiger partial charge in [-0.05, 0) is 25.0 Å². The molecule has 0 bridgehead atoms. The summed E-state index contributed by atoms with van der Waals surface area (Å²) in [7, 11) is 0. The fourth-order valence-electron chi connectivity index (χ4n) is 3.50. The number of pyridine rings is 1. The number of nitrogens with zero attached hydrogens (tertiary/aromatic N) is 4.